The van der Waals surface area contributed by atoms with Crippen molar-refractivity contribution in [3.8, 4) is 0 Å². The molecule has 1 fully saturated rings. The van der Waals surface area contributed by atoms with E-state index in [1.807, 2.05) is 0 Å². The predicted octanol–water partition coefficient (Wildman–Crippen LogP) is 0.819. The van der Waals surface area contributed by atoms with Gasteiger partial charge in [0.2, 0.25) is 5.91 Å². The molecule has 110 valence electrons. The molecule has 6 heteroatoms. The van der Waals surface area contributed by atoms with Gasteiger partial charge in [0.15, 0.2) is 5.76 Å². The van der Waals surface area contributed by atoms with E-state index in [0.717, 1.165) is 25.7 Å². The van der Waals surface area contributed by atoms with Crippen LogP contribution in [0.2, 0.25) is 0 Å². The van der Waals surface area contributed by atoms with Crippen molar-refractivity contribution in [2.45, 2.75) is 44.2 Å². The first-order chi connectivity index (χ1) is 9.66. The van der Waals surface area contributed by atoms with E-state index in [1.54, 1.807) is 6.07 Å². The van der Waals surface area contributed by atoms with Crippen LogP contribution >= 0.6 is 0 Å². The minimum absolute atomic E-state index is 0.122. The fourth-order valence-electron chi connectivity index (χ4n) is 2.37. The molecule has 2 rings (SSSR count). The first-order valence-corrected chi connectivity index (χ1v) is 6.96. The molecule has 6 nitrogen and oxygen atoms in total. The number of carbonyl (C=O) groups is 2. The van der Waals surface area contributed by atoms with Crippen molar-refractivity contribution in [3.05, 3.63) is 24.2 Å². The molecule has 2 unspecified atom stereocenters. The Labute approximate surface area is 117 Å². The summed E-state index contributed by atoms with van der Waals surface area (Å²) in [6.07, 6.45) is 5.46. The topological polar surface area (TPSA) is 91.6 Å². The zero-order valence-corrected chi connectivity index (χ0v) is 11.3. The molecule has 0 spiro atoms. The molecule has 1 heterocycles. The number of carbonyl (C=O) groups excluding carboxylic acids is 2. The maximum absolute atomic E-state index is 11.8. The van der Waals surface area contributed by atoms with Gasteiger partial charge in [-0.15, -0.1) is 0 Å². The maximum atomic E-state index is 11.8. The molecule has 1 aliphatic rings. The highest BCUT2D eigenvalue weighted by atomic mass is 16.3. The summed E-state index contributed by atoms with van der Waals surface area (Å²) in [5.41, 5.74) is 0. The van der Waals surface area contributed by atoms with E-state index in [2.05, 4.69) is 10.6 Å². The second-order valence-corrected chi connectivity index (χ2v) is 5.04. The zero-order chi connectivity index (χ0) is 14.4. The van der Waals surface area contributed by atoms with Crippen molar-refractivity contribution in [1.82, 2.24) is 10.6 Å². The number of aliphatic hydroxyl groups excluding tert-OH is 1. The predicted molar refractivity (Wildman–Crippen MR) is 72.1 cm³/mol. The maximum Gasteiger partial charge on any atom is 0.287 e. The van der Waals surface area contributed by atoms with Gasteiger partial charge in [-0.05, 0) is 25.0 Å². The van der Waals surface area contributed by atoms with Crippen LogP contribution in [0.4, 0.5) is 0 Å². The number of hydrogen-bond donors (Lipinski definition) is 3. The Bertz CT molecular complexity index is 444. The van der Waals surface area contributed by atoms with Crippen molar-refractivity contribution in [1.29, 1.82) is 0 Å². The Hall–Kier alpha value is -1.82. The molecule has 0 aromatic carbocycles. The highest BCUT2D eigenvalue weighted by Crippen LogP contribution is 2.17. The second-order valence-electron chi connectivity index (χ2n) is 5.04. The summed E-state index contributed by atoms with van der Waals surface area (Å²) in [5.74, 6) is -0.547. The van der Waals surface area contributed by atoms with Crippen molar-refractivity contribution in [2.75, 3.05) is 6.54 Å². The molecular formula is C14H20N2O4. The Balaban J connectivity index is 1.76. The van der Waals surface area contributed by atoms with Crippen molar-refractivity contribution in [2.24, 2.45) is 0 Å². The van der Waals surface area contributed by atoms with Crippen LogP contribution in [0, 0.1) is 0 Å². The summed E-state index contributed by atoms with van der Waals surface area (Å²) in [6, 6.07) is 2.92. The van der Waals surface area contributed by atoms with Crippen LogP contribution in [0.3, 0.4) is 0 Å². The van der Waals surface area contributed by atoms with Gasteiger partial charge in [-0.25, -0.2) is 0 Å². The number of aliphatic hydroxyl groups is 1. The molecule has 3 N–H and O–H groups in total. The minimum atomic E-state index is -0.498. The fourth-order valence-corrected chi connectivity index (χ4v) is 2.37. The van der Waals surface area contributed by atoms with Gasteiger partial charge in [0.25, 0.3) is 5.91 Å². The van der Waals surface area contributed by atoms with E-state index >= 15 is 0 Å². The lowest BCUT2D eigenvalue weighted by atomic mass is 10.1. The Kier molecular flexibility index (Phi) is 5.17. The van der Waals surface area contributed by atoms with Crippen LogP contribution in [0.25, 0.3) is 0 Å². The normalized spacial score (nSPS) is 22.9. The van der Waals surface area contributed by atoms with Gasteiger partial charge < -0.3 is 20.2 Å². The summed E-state index contributed by atoms with van der Waals surface area (Å²) in [4.78, 5) is 23.4. The number of nitrogens with one attached hydrogen (secondary N) is 2. The molecule has 0 radical (unpaired) electrons. The first kappa shape index (κ1) is 14.6. The van der Waals surface area contributed by atoms with Gasteiger partial charge in [0.1, 0.15) is 0 Å². The molecule has 1 saturated carbocycles. The molecule has 2 amide bonds. The average Bonchev–Trinajstić information content (AvgIpc) is 2.90. The third kappa shape index (κ3) is 4.09. The fraction of sp³-hybridized carbons (Fsp3) is 0.571. The first-order valence-electron chi connectivity index (χ1n) is 6.96. The van der Waals surface area contributed by atoms with Gasteiger partial charge >= 0.3 is 0 Å². The summed E-state index contributed by atoms with van der Waals surface area (Å²) in [7, 11) is 0. The van der Waals surface area contributed by atoms with Gasteiger partial charge in [-0.2, -0.15) is 0 Å². The third-order valence-electron chi connectivity index (χ3n) is 3.48. The smallest absolute Gasteiger partial charge is 0.287 e. The van der Waals surface area contributed by atoms with Crippen LogP contribution in [0.5, 0.6) is 0 Å². The van der Waals surface area contributed by atoms with E-state index in [1.165, 1.54) is 12.3 Å². The highest BCUT2D eigenvalue weighted by Gasteiger charge is 2.23. The van der Waals surface area contributed by atoms with Gasteiger partial charge in [0.05, 0.1) is 25.0 Å². The molecule has 1 aromatic rings. The second kappa shape index (κ2) is 7.09. The van der Waals surface area contributed by atoms with Gasteiger partial charge in [-0.1, -0.05) is 19.3 Å². The van der Waals surface area contributed by atoms with Crippen LogP contribution in [-0.4, -0.2) is 35.6 Å². The summed E-state index contributed by atoms with van der Waals surface area (Å²) in [6.45, 7) is -0.122. The lowest BCUT2D eigenvalue weighted by Crippen LogP contribution is -2.46. The largest absolute Gasteiger partial charge is 0.459 e. The standard InChI is InChI=1S/C14H20N2O4/c17-11-6-3-1-2-5-10(11)16-13(18)9-15-14(19)12-7-4-8-20-12/h4,7-8,10-11,17H,1-3,5-6,9H2,(H,15,19)(H,16,18). The number of amides is 2. The average molecular weight is 280 g/mol. The van der Waals surface area contributed by atoms with E-state index in [-0.39, 0.29) is 24.3 Å². The summed E-state index contributed by atoms with van der Waals surface area (Å²) < 4.78 is 4.93. The molecule has 20 heavy (non-hydrogen) atoms. The Morgan fingerprint density at radius 1 is 1.30 bits per heavy atom. The monoisotopic (exact) mass is 280 g/mol. The number of furan rings is 1. The lowest BCUT2D eigenvalue weighted by Gasteiger charge is -2.21. The van der Waals surface area contributed by atoms with E-state index < -0.39 is 12.0 Å². The van der Waals surface area contributed by atoms with Crippen LogP contribution in [0.1, 0.15) is 42.7 Å². The third-order valence-corrected chi connectivity index (χ3v) is 3.48. The minimum Gasteiger partial charge on any atom is -0.459 e. The molecule has 2 atom stereocenters. The van der Waals surface area contributed by atoms with Gasteiger partial charge in [0, 0.05) is 0 Å². The van der Waals surface area contributed by atoms with Crippen LogP contribution in [-0.2, 0) is 4.79 Å². The summed E-state index contributed by atoms with van der Waals surface area (Å²) >= 11 is 0. The lowest BCUT2D eigenvalue weighted by molar-refractivity contribution is -0.121. The zero-order valence-electron chi connectivity index (χ0n) is 11.3. The molecule has 0 bridgehead atoms. The number of rotatable bonds is 4. The van der Waals surface area contributed by atoms with Crippen LogP contribution in [0.15, 0.2) is 22.8 Å². The van der Waals surface area contributed by atoms with E-state index in [4.69, 9.17) is 4.42 Å². The van der Waals surface area contributed by atoms with Crippen molar-refractivity contribution < 1.29 is 19.1 Å². The molecule has 0 aliphatic heterocycles. The van der Waals surface area contributed by atoms with Crippen molar-refractivity contribution >= 4 is 11.8 Å². The highest BCUT2D eigenvalue weighted by molar-refractivity contribution is 5.94. The van der Waals surface area contributed by atoms with Gasteiger partial charge in [-0.3, -0.25) is 9.59 Å². The molecule has 0 saturated heterocycles. The number of hydrogen-bond acceptors (Lipinski definition) is 4. The summed E-state index contributed by atoms with van der Waals surface area (Å²) in [5, 5.41) is 15.2. The van der Waals surface area contributed by atoms with Crippen LogP contribution < -0.4 is 10.6 Å². The Morgan fingerprint density at radius 2 is 2.10 bits per heavy atom. The SMILES string of the molecule is O=C(CNC(=O)c1ccco1)NC1CCCCCC1O. The van der Waals surface area contributed by atoms with E-state index in [0.29, 0.717) is 6.42 Å². The molecule has 1 aromatic heterocycles. The van der Waals surface area contributed by atoms with E-state index in [9.17, 15) is 14.7 Å². The van der Waals surface area contributed by atoms with Crippen molar-refractivity contribution in [3.63, 3.8) is 0 Å². The quantitative estimate of drug-likeness (QED) is 0.712. The Morgan fingerprint density at radius 3 is 2.85 bits per heavy atom. The molecular weight excluding hydrogens is 260 g/mol. The molecule has 1 aliphatic carbocycles.